The number of aliphatic hydroxyl groups is 1. The average Bonchev–Trinajstić information content (AvgIpc) is 3.33. The van der Waals surface area contributed by atoms with Gasteiger partial charge in [-0.3, -0.25) is 19.2 Å². The first-order valence-electron chi connectivity index (χ1n) is 13.0. The molecule has 3 aliphatic heterocycles. The largest absolute Gasteiger partial charge is 0.507 e. The lowest BCUT2D eigenvalue weighted by Crippen LogP contribution is -2.57. The van der Waals surface area contributed by atoms with Gasteiger partial charge in [0.25, 0.3) is 5.91 Å². The Hall–Kier alpha value is -4.12. The number of rotatable bonds is 2. The zero-order valence-corrected chi connectivity index (χ0v) is 22.1. The van der Waals surface area contributed by atoms with Crippen molar-refractivity contribution in [3.63, 3.8) is 0 Å². The van der Waals surface area contributed by atoms with Crippen LogP contribution >= 0.6 is 0 Å². The average molecular weight is 539 g/mol. The molecule has 4 atom stereocenters. The number of phenols is 1. The van der Waals surface area contributed by atoms with Gasteiger partial charge < -0.3 is 35.8 Å². The monoisotopic (exact) mass is 538 g/mol. The number of nitrogens with zero attached hydrogens (tertiary/aromatic N) is 1. The highest BCUT2D eigenvalue weighted by Gasteiger charge is 2.33. The number of β-amino-alcohol motifs (C(OH)–C–C–N with tert-alkyl or cyclic N) is 1. The molecule has 0 radical (unpaired) electrons. The van der Waals surface area contributed by atoms with Crippen molar-refractivity contribution < 1.29 is 34.1 Å². The number of carbonyl (C=O) groups is 4. The van der Waals surface area contributed by atoms with E-state index in [1.165, 1.54) is 30.0 Å². The Balaban J connectivity index is 1.68. The SMILES string of the molecule is CC(C)[C@@H]1NC(=O)c2cc(ccc2O)Oc2ccc(cc2)C[C@H](C(=O)N2CC[C@H](O)C2)NC(=O)[C@H](C)NC1=O. The predicted octanol–water partition coefficient (Wildman–Crippen LogP) is 1.08. The second kappa shape index (κ2) is 11.7. The number of carbonyl (C=O) groups excluding carboxylic acids is 4. The third-order valence-corrected chi connectivity index (χ3v) is 6.89. The van der Waals surface area contributed by atoms with Gasteiger partial charge in [0.2, 0.25) is 17.7 Å². The highest BCUT2D eigenvalue weighted by atomic mass is 16.5. The molecule has 1 saturated heterocycles. The molecule has 0 aromatic heterocycles. The van der Waals surface area contributed by atoms with Crippen molar-refractivity contribution in [2.75, 3.05) is 13.1 Å². The van der Waals surface area contributed by atoms with E-state index in [-0.39, 0.29) is 36.1 Å². The molecule has 3 aliphatic rings. The lowest BCUT2D eigenvalue weighted by atomic mass is 10.0. The first-order chi connectivity index (χ1) is 18.5. The maximum Gasteiger partial charge on any atom is 0.255 e. The second-order valence-corrected chi connectivity index (χ2v) is 10.3. The predicted molar refractivity (Wildman–Crippen MR) is 141 cm³/mol. The number of likely N-dealkylation sites (tertiary alicyclic amines) is 1. The molecular formula is C28H34N4O7. The van der Waals surface area contributed by atoms with Gasteiger partial charge in [0.05, 0.1) is 11.7 Å². The van der Waals surface area contributed by atoms with E-state index in [4.69, 9.17) is 4.74 Å². The summed E-state index contributed by atoms with van der Waals surface area (Å²) in [4.78, 5) is 54.1. The topological polar surface area (TPSA) is 157 Å². The van der Waals surface area contributed by atoms with Crippen molar-refractivity contribution in [3.05, 3.63) is 53.6 Å². The molecule has 4 amide bonds. The zero-order chi connectivity index (χ0) is 28.3. The second-order valence-electron chi connectivity index (χ2n) is 10.3. The molecule has 2 aromatic rings. The van der Waals surface area contributed by atoms with E-state index in [9.17, 15) is 29.4 Å². The third kappa shape index (κ3) is 6.66. The number of hydrogen-bond donors (Lipinski definition) is 5. The van der Waals surface area contributed by atoms with Crippen LogP contribution in [0.3, 0.4) is 0 Å². The summed E-state index contributed by atoms with van der Waals surface area (Å²) in [5, 5.41) is 28.2. The van der Waals surface area contributed by atoms with Crippen LogP contribution in [0.1, 0.15) is 43.1 Å². The highest BCUT2D eigenvalue weighted by Crippen LogP contribution is 2.28. The number of hydrogen-bond acceptors (Lipinski definition) is 7. The van der Waals surface area contributed by atoms with Crippen LogP contribution in [0.15, 0.2) is 42.5 Å². The number of fused-ring (bicyclic) bond motifs is 11. The molecule has 39 heavy (non-hydrogen) atoms. The van der Waals surface area contributed by atoms with E-state index >= 15 is 0 Å². The lowest BCUT2D eigenvalue weighted by Gasteiger charge is -2.27. The smallest absolute Gasteiger partial charge is 0.255 e. The molecule has 0 unspecified atom stereocenters. The van der Waals surface area contributed by atoms with E-state index in [0.717, 1.165) is 5.56 Å². The standard InChI is InChI=1S/C28H34N4O7/c1-15(2)24-27(37)29-16(3)25(35)30-22(28(38)32-11-10-18(33)14-32)12-17-4-6-19(7-5-17)39-20-8-9-23(34)21(13-20)26(36)31-24/h4-9,13,15-16,18,22,24,33-34H,10-12,14H2,1-3H3,(H,29,37)(H,30,35)(H,31,36)/t16-,18-,22+,24-/m0/s1. The summed E-state index contributed by atoms with van der Waals surface area (Å²) in [5.41, 5.74) is 0.687. The zero-order valence-electron chi connectivity index (χ0n) is 22.1. The van der Waals surface area contributed by atoms with Gasteiger partial charge in [-0.25, -0.2) is 0 Å². The number of nitrogens with one attached hydrogen (secondary N) is 3. The van der Waals surface area contributed by atoms with Gasteiger partial charge in [0, 0.05) is 19.5 Å². The molecule has 11 nitrogen and oxygen atoms in total. The van der Waals surface area contributed by atoms with Crippen LogP contribution in [-0.4, -0.2) is 76.1 Å². The normalized spacial score (nSPS) is 24.3. The van der Waals surface area contributed by atoms with Crippen molar-refractivity contribution in [1.29, 1.82) is 0 Å². The maximum atomic E-state index is 13.3. The van der Waals surface area contributed by atoms with E-state index < -0.39 is 42.0 Å². The lowest BCUT2D eigenvalue weighted by molar-refractivity contribution is -0.136. The van der Waals surface area contributed by atoms with Gasteiger partial charge in [-0.1, -0.05) is 26.0 Å². The first kappa shape index (κ1) is 27.9. The molecule has 11 heteroatoms. The fraction of sp³-hybridized carbons (Fsp3) is 0.429. The summed E-state index contributed by atoms with van der Waals surface area (Å²) in [5.74, 6) is -2.02. The molecule has 0 saturated carbocycles. The van der Waals surface area contributed by atoms with Crippen molar-refractivity contribution in [1.82, 2.24) is 20.9 Å². The Morgan fingerprint density at radius 1 is 1.00 bits per heavy atom. The molecule has 3 heterocycles. The van der Waals surface area contributed by atoms with Gasteiger partial charge in [-0.15, -0.1) is 0 Å². The van der Waals surface area contributed by atoms with Crippen LogP contribution in [0.5, 0.6) is 17.2 Å². The molecule has 208 valence electrons. The van der Waals surface area contributed by atoms with Crippen LogP contribution in [0.2, 0.25) is 0 Å². The minimum atomic E-state index is -1.01. The van der Waals surface area contributed by atoms with E-state index in [1.807, 2.05) is 0 Å². The molecule has 0 spiro atoms. The maximum absolute atomic E-state index is 13.3. The Kier molecular flexibility index (Phi) is 8.39. The van der Waals surface area contributed by atoms with E-state index in [1.54, 1.807) is 38.1 Å². The minimum Gasteiger partial charge on any atom is -0.507 e. The van der Waals surface area contributed by atoms with Crippen LogP contribution in [-0.2, 0) is 20.8 Å². The minimum absolute atomic E-state index is 0.0668. The first-order valence-corrected chi connectivity index (χ1v) is 13.0. The molecule has 4 bridgehead atoms. The number of amides is 4. The van der Waals surface area contributed by atoms with Gasteiger partial charge in [0.15, 0.2) is 0 Å². The van der Waals surface area contributed by atoms with Crippen molar-refractivity contribution in [3.8, 4) is 17.2 Å². The van der Waals surface area contributed by atoms with Crippen LogP contribution < -0.4 is 20.7 Å². The van der Waals surface area contributed by atoms with Gasteiger partial charge >= 0.3 is 0 Å². The van der Waals surface area contributed by atoms with Crippen LogP contribution in [0, 0.1) is 5.92 Å². The summed E-state index contributed by atoms with van der Waals surface area (Å²) in [6, 6.07) is 8.21. The highest BCUT2D eigenvalue weighted by molar-refractivity contribution is 6.00. The van der Waals surface area contributed by atoms with Crippen molar-refractivity contribution in [2.45, 2.75) is 57.8 Å². The number of ether oxygens (including phenoxy) is 1. The number of phenolic OH excluding ortho intramolecular Hbond substituents is 1. The fourth-order valence-corrected chi connectivity index (χ4v) is 4.61. The van der Waals surface area contributed by atoms with E-state index in [2.05, 4.69) is 16.0 Å². The third-order valence-electron chi connectivity index (χ3n) is 6.89. The fourth-order valence-electron chi connectivity index (χ4n) is 4.61. The Morgan fingerprint density at radius 3 is 2.33 bits per heavy atom. The number of aromatic hydroxyl groups is 1. The number of aliphatic hydroxyl groups excluding tert-OH is 1. The molecule has 5 rings (SSSR count). The van der Waals surface area contributed by atoms with Gasteiger partial charge in [-0.2, -0.15) is 0 Å². The van der Waals surface area contributed by atoms with Crippen molar-refractivity contribution in [2.24, 2.45) is 5.92 Å². The summed E-state index contributed by atoms with van der Waals surface area (Å²) in [7, 11) is 0. The molecule has 1 fully saturated rings. The Labute approximate surface area is 226 Å². The quantitative estimate of drug-likeness (QED) is 0.358. The Bertz CT molecular complexity index is 1250. The molecule has 2 aromatic carbocycles. The number of benzene rings is 2. The van der Waals surface area contributed by atoms with Crippen LogP contribution in [0.25, 0.3) is 0 Å². The van der Waals surface area contributed by atoms with Crippen molar-refractivity contribution >= 4 is 23.6 Å². The Morgan fingerprint density at radius 2 is 1.69 bits per heavy atom. The summed E-state index contributed by atoms with van der Waals surface area (Å²) >= 11 is 0. The van der Waals surface area contributed by atoms with E-state index in [0.29, 0.717) is 24.5 Å². The summed E-state index contributed by atoms with van der Waals surface area (Å²) in [6.45, 7) is 5.55. The molecular weight excluding hydrogens is 504 g/mol. The summed E-state index contributed by atoms with van der Waals surface area (Å²) in [6.07, 6.45) is 0.0420. The molecule has 0 aliphatic carbocycles. The molecule has 5 N–H and O–H groups in total. The van der Waals surface area contributed by atoms with Crippen LogP contribution in [0.4, 0.5) is 0 Å². The summed E-state index contributed by atoms with van der Waals surface area (Å²) < 4.78 is 5.87. The van der Waals surface area contributed by atoms with Gasteiger partial charge in [-0.05, 0) is 55.2 Å². The van der Waals surface area contributed by atoms with Gasteiger partial charge in [0.1, 0.15) is 35.4 Å².